The second-order valence-electron chi connectivity index (χ2n) is 7.48. The molecule has 6 nitrogen and oxygen atoms in total. The van der Waals surface area contributed by atoms with E-state index in [0.717, 1.165) is 37.5 Å². The number of hydrogen-bond donors (Lipinski definition) is 1. The molecule has 0 radical (unpaired) electrons. The van der Waals surface area contributed by atoms with Crippen LogP contribution in [-0.4, -0.2) is 79.5 Å². The van der Waals surface area contributed by atoms with E-state index in [1.54, 1.807) is 0 Å². The number of piperazine rings is 1. The highest BCUT2D eigenvalue weighted by Gasteiger charge is 2.30. The van der Waals surface area contributed by atoms with Crippen molar-refractivity contribution in [3.8, 4) is 5.75 Å². The van der Waals surface area contributed by atoms with Crippen molar-refractivity contribution < 1.29 is 19.4 Å². The predicted octanol–water partition coefficient (Wildman–Crippen LogP) is 2.48. The molecule has 0 bridgehead atoms. The van der Waals surface area contributed by atoms with Crippen molar-refractivity contribution in [3.63, 3.8) is 0 Å². The molecule has 1 saturated heterocycles. The number of benzene rings is 2. The molecule has 0 unspecified atom stereocenters. The number of carbonyl (C=O) groups excluding carboxylic acids is 1. The van der Waals surface area contributed by atoms with Gasteiger partial charge < -0.3 is 14.6 Å². The van der Waals surface area contributed by atoms with Crippen LogP contribution < -0.4 is 4.74 Å². The molecule has 0 saturated carbocycles. The first kappa shape index (κ1) is 22.6. The highest BCUT2D eigenvalue weighted by Crippen LogP contribution is 2.16. The fraction of sp³-hybridized carbons (Fsp3) is 0.435. The number of nitrogens with zero attached hydrogens (tertiary/aromatic N) is 2. The standard InChI is InChI=1S/C23H29ClN2O4/c1-29-23(28)22(15-18-7-9-19(24)10-8-18)26-13-11-25(12-14-26)16-20(27)17-30-21-5-3-2-4-6-21/h2-10,20,22,27H,11-17H2,1H3/t20-,22-/m0/s1. The number of halogens is 1. The van der Waals surface area contributed by atoms with Crippen LogP contribution >= 0.6 is 11.6 Å². The molecule has 3 rings (SSSR count). The quantitative estimate of drug-likeness (QED) is 0.614. The Hall–Kier alpha value is -2.12. The summed E-state index contributed by atoms with van der Waals surface area (Å²) in [7, 11) is 1.43. The molecule has 0 amide bonds. The fourth-order valence-electron chi connectivity index (χ4n) is 3.66. The zero-order chi connectivity index (χ0) is 21.3. The molecule has 1 N–H and O–H groups in total. The van der Waals surface area contributed by atoms with E-state index in [2.05, 4.69) is 9.80 Å². The van der Waals surface area contributed by atoms with Gasteiger partial charge in [0.1, 0.15) is 24.5 Å². The van der Waals surface area contributed by atoms with Gasteiger partial charge in [-0.15, -0.1) is 0 Å². The molecule has 162 valence electrons. The van der Waals surface area contributed by atoms with Crippen LogP contribution in [0.1, 0.15) is 5.56 Å². The number of methoxy groups -OCH3 is 1. The molecule has 2 atom stereocenters. The van der Waals surface area contributed by atoms with Crippen LogP contribution in [0, 0.1) is 0 Å². The van der Waals surface area contributed by atoms with Crippen LogP contribution in [0.15, 0.2) is 54.6 Å². The predicted molar refractivity (Wildman–Crippen MR) is 117 cm³/mol. The van der Waals surface area contributed by atoms with E-state index in [4.69, 9.17) is 21.1 Å². The van der Waals surface area contributed by atoms with E-state index in [9.17, 15) is 9.90 Å². The van der Waals surface area contributed by atoms with Gasteiger partial charge in [-0.3, -0.25) is 14.6 Å². The highest BCUT2D eigenvalue weighted by molar-refractivity contribution is 6.30. The van der Waals surface area contributed by atoms with Crippen LogP contribution in [0.3, 0.4) is 0 Å². The van der Waals surface area contributed by atoms with E-state index < -0.39 is 6.10 Å². The van der Waals surface area contributed by atoms with Crippen LogP contribution in [0.5, 0.6) is 5.75 Å². The Morgan fingerprint density at radius 3 is 2.37 bits per heavy atom. The number of aliphatic hydroxyl groups is 1. The molecule has 0 aliphatic carbocycles. The fourth-order valence-corrected chi connectivity index (χ4v) is 3.78. The Morgan fingerprint density at radius 1 is 1.07 bits per heavy atom. The summed E-state index contributed by atoms with van der Waals surface area (Å²) in [5, 5.41) is 11.0. The maximum atomic E-state index is 12.4. The lowest BCUT2D eigenvalue weighted by molar-refractivity contribution is -0.147. The van der Waals surface area contributed by atoms with E-state index in [1.165, 1.54) is 7.11 Å². The molecule has 0 spiro atoms. The van der Waals surface area contributed by atoms with Gasteiger partial charge in [-0.05, 0) is 36.2 Å². The van der Waals surface area contributed by atoms with Crippen molar-refractivity contribution in [1.82, 2.24) is 9.80 Å². The zero-order valence-corrected chi connectivity index (χ0v) is 18.0. The lowest BCUT2D eigenvalue weighted by atomic mass is 10.0. The SMILES string of the molecule is COC(=O)[C@H](Cc1ccc(Cl)cc1)N1CCN(C[C@H](O)COc2ccccc2)CC1. The Balaban J connectivity index is 1.48. The van der Waals surface area contributed by atoms with Gasteiger partial charge in [0.25, 0.3) is 0 Å². The molecule has 1 heterocycles. The van der Waals surface area contributed by atoms with Gasteiger partial charge in [-0.25, -0.2) is 0 Å². The molecule has 30 heavy (non-hydrogen) atoms. The maximum Gasteiger partial charge on any atom is 0.323 e. The molecule has 1 aliphatic heterocycles. The molecule has 0 aromatic heterocycles. The van der Waals surface area contributed by atoms with Crippen molar-refractivity contribution in [2.24, 2.45) is 0 Å². The first-order chi connectivity index (χ1) is 14.5. The summed E-state index contributed by atoms with van der Waals surface area (Å²) in [6.07, 6.45) is 0.0134. The van der Waals surface area contributed by atoms with E-state index in [-0.39, 0.29) is 18.6 Å². The number of para-hydroxylation sites is 1. The van der Waals surface area contributed by atoms with Crippen LogP contribution in [0.4, 0.5) is 0 Å². The van der Waals surface area contributed by atoms with Crippen LogP contribution in [0.2, 0.25) is 5.02 Å². The second-order valence-corrected chi connectivity index (χ2v) is 7.92. The van der Waals surface area contributed by atoms with Crippen molar-refractivity contribution in [2.75, 3.05) is 46.4 Å². The first-order valence-electron chi connectivity index (χ1n) is 10.2. The van der Waals surface area contributed by atoms with Crippen molar-refractivity contribution in [2.45, 2.75) is 18.6 Å². The minimum atomic E-state index is -0.567. The summed E-state index contributed by atoms with van der Waals surface area (Å²) in [5.41, 5.74) is 1.05. The Bertz CT molecular complexity index is 780. The summed E-state index contributed by atoms with van der Waals surface area (Å²) in [5.74, 6) is 0.527. The third kappa shape index (κ3) is 6.71. The second kappa shape index (κ2) is 11.3. The number of aliphatic hydroxyl groups excluding tert-OH is 1. The summed E-state index contributed by atoms with van der Waals surface area (Å²) in [6, 6.07) is 16.7. The third-order valence-electron chi connectivity index (χ3n) is 5.32. The van der Waals surface area contributed by atoms with Crippen molar-refractivity contribution in [1.29, 1.82) is 0 Å². The van der Waals surface area contributed by atoms with Crippen LogP contribution in [0.25, 0.3) is 0 Å². The monoisotopic (exact) mass is 432 g/mol. The first-order valence-corrected chi connectivity index (χ1v) is 10.6. The number of carbonyl (C=O) groups is 1. The molecule has 1 fully saturated rings. The molecular formula is C23H29ClN2O4. The Kier molecular flexibility index (Phi) is 8.51. The largest absolute Gasteiger partial charge is 0.491 e. The van der Waals surface area contributed by atoms with Gasteiger partial charge in [-0.1, -0.05) is 41.9 Å². The zero-order valence-electron chi connectivity index (χ0n) is 17.2. The van der Waals surface area contributed by atoms with E-state index in [1.807, 2.05) is 54.6 Å². The van der Waals surface area contributed by atoms with Crippen molar-refractivity contribution >= 4 is 17.6 Å². The minimum absolute atomic E-state index is 0.227. The maximum absolute atomic E-state index is 12.4. The smallest absolute Gasteiger partial charge is 0.323 e. The average molecular weight is 433 g/mol. The van der Waals surface area contributed by atoms with Gasteiger partial charge in [0.15, 0.2) is 0 Å². The van der Waals surface area contributed by atoms with E-state index >= 15 is 0 Å². The van der Waals surface area contributed by atoms with Crippen molar-refractivity contribution in [3.05, 3.63) is 65.2 Å². The van der Waals surface area contributed by atoms with Gasteiger partial charge in [-0.2, -0.15) is 0 Å². The molecule has 7 heteroatoms. The number of rotatable bonds is 9. The lowest BCUT2D eigenvalue weighted by Gasteiger charge is -2.38. The summed E-state index contributed by atoms with van der Waals surface area (Å²) in [6.45, 7) is 3.82. The molecule has 2 aromatic carbocycles. The van der Waals surface area contributed by atoms with Gasteiger partial charge in [0.05, 0.1) is 7.11 Å². The van der Waals surface area contributed by atoms with Gasteiger partial charge >= 0.3 is 5.97 Å². The Morgan fingerprint density at radius 2 is 1.73 bits per heavy atom. The number of β-amino-alcohol motifs (C(OH)–C–C–N with tert-alkyl or cyclic N) is 1. The highest BCUT2D eigenvalue weighted by atomic mass is 35.5. The van der Waals surface area contributed by atoms with E-state index in [0.29, 0.717) is 18.0 Å². The average Bonchev–Trinajstić information content (AvgIpc) is 2.78. The summed E-state index contributed by atoms with van der Waals surface area (Å²) >= 11 is 5.96. The molecule has 1 aliphatic rings. The van der Waals surface area contributed by atoms with Crippen LogP contribution in [-0.2, 0) is 16.0 Å². The van der Waals surface area contributed by atoms with Gasteiger partial charge in [0, 0.05) is 37.7 Å². The summed E-state index contributed by atoms with van der Waals surface area (Å²) < 4.78 is 10.7. The lowest BCUT2D eigenvalue weighted by Crippen LogP contribution is -2.54. The Labute approximate surface area is 183 Å². The van der Waals surface area contributed by atoms with Gasteiger partial charge in [0.2, 0.25) is 0 Å². The number of esters is 1. The number of ether oxygens (including phenoxy) is 2. The summed E-state index contributed by atoms with van der Waals surface area (Å²) in [4.78, 5) is 16.8. The third-order valence-corrected chi connectivity index (χ3v) is 5.57. The normalized spacial score (nSPS) is 17.3. The number of hydrogen-bond acceptors (Lipinski definition) is 6. The minimum Gasteiger partial charge on any atom is -0.491 e. The molecule has 2 aromatic rings. The topological polar surface area (TPSA) is 62.2 Å². The molecular weight excluding hydrogens is 404 g/mol.